The minimum absolute atomic E-state index is 0.0131. The molecule has 1 aromatic carbocycles. The summed E-state index contributed by atoms with van der Waals surface area (Å²) in [7, 11) is 1.55. The third kappa shape index (κ3) is 5.74. The Kier molecular flexibility index (Phi) is 7.13. The van der Waals surface area contributed by atoms with Crippen LogP contribution in [-0.2, 0) is 20.7 Å². The summed E-state index contributed by atoms with van der Waals surface area (Å²) in [6.45, 7) is 1.00. The van der Waals surface area contributed by atoms with Gasteiger partial charge in [-0.3, -0.25) is 14.6 Å². The van der Waals surface area contributed by atoms with Gasteiger partial charge >= 0.3 is 0 Å². The van der Waals surface area contributed by atoms with Crippen molar-refractivity contribution in [1.29, 1.82) is 0 Å². The summed E-state index contributed by atoms with van der Waals surface area (Å²) in [6.07, 6.45) is 3.27. The lowest BCUT2D eigenvalue weighted by atomic mass is 10.1. The van der Waals surface area contributed by atoms with Crippen LogP contribution in [-0.4, -0.2) is 60.7 Å². The monoisotopic (exact) mass is 401 g/mol. The fraction of sp³-hybridized carbons (Fsp3) is 0.381. The van der Waals surface area contributed by atoms with Crippen molar-refractivity contribution in [3.8, 4) is 5.75 Å². The molecule has 3 rings (SSSR count). The highest BCUT2D eigenvalue weighted by molar-refractivity contribution is 5.89. The standard InChI is InChI=1S/C21H24FN3O4/c1-28-9-8-24-21(27)19-12-18(29-17-6-3-7-23-13-17)14-25(19)20(26)11-15-4-2-5-16(22)10-15/h2-7,10,13,18-19H,8-9,11-12,14H2,1H3,(H,24,27). The van der Waals surface area contributed by atoms with Gasteiger partial charge in [0.2, 0.25) is 11.8 Å². The van der Waals surface area contributed by atoms with Gasteiger partial charge in [0.25, 0.3) is 0 Å². The van der Waals surface area contributed by atoms with E-state index in [1.807, 2.05) is 0 Å². The van der Waals surface area contributed by atoms with E-state index in [4.69, 9.17) is 9.47 Å². The molecule has 1 aliphatic heterocycles. The molecule has 1 fully saturated rings. The van der Waals surface area contributed by atoms with Crippen LogP contribution >= 0.6 is 0 Å². The van der Waals surface area contributed by atoms with E-state index in [1.54, 1.807) is 43.8 Å². The van der Waals surface area contributed by atoms with Crippen molar-refractivity contribution < 1.29 is 23.5 Å². The van der Waals surface area contributed by atoms with Gasteiger partial charge in [0.15, 0.2) is 0 Å². The molecule has 1 aromatic heterocycles. The maximum atomic E-state index is 13.5. The Morgan fingerprint density at radius 2 is 2.17 bits per heavy atom. The number of ether oxygens (including phenoxy) is 2. The van der Waals surface area contributed by atoms with E-state index in [0.717, 1.165) is 0 Å². The average Bonchev–Trinajstić information content (AvgIpc) is 3.13. The number of amides is 2. The first kappa shape index (κ1) is 20.7. The lowest BCUT2D eigenvalue weighted by Crippen LogP contribution is -2.47. The highest BCUT2D eigenvalue weighted by Gasteiger charge is 2.40. The van der Waals surface area contributed by atoms with Crippen molar-refractivity contribution in [3.63, 3.8) is 0 Å². The number of nitrogens with zero attached hydrogens (tertiary/aromatic N) is 2. The smallest absolute Gasteiger partial charge is 0.243 e. The summed E-state index contributed by atoms with van der Waals surface area (Å²) in [6, 6.07) is 8.78. The van der Waals surface area contributed by atoms with Gasteiger partial charge in [-0.1, -0.05) is 12.1 Å². The van der Waals surface area contributed by atoms with Crippen molar-refractivity contribution in [2.45, 2.75) is 25.0 Å². The largest absolute Gasteiger partial charge is 0.487 e. The van der Waals surface area contributed by atoms with Gasteiger partial charge in [-0.2, -0.15) is 0 Å². The van der Waals surface area contributed by atoms with Crippen LogP contribution in [0.1, 0.15) is 12.0 Å². The first-order chi connectivity index (χ1) is 14.1. The molecule has 154 valence electrons. The molecule has 2 aromatic rings. The molecule has 7 nitrogen and oxygen atoms in total. The topological polar surface area (TPSA) is 80.8 Å². The SMILES string of the molecule is COCCNC(=O)C1CC(Oc2cccnc2)CN1C(=O)Cc1cccc(F)c1. The molecule has 1 aliphatic rings. The Labute approximate surface area is 168 Å². The molecule has 1 N–H and O–H groups in total. The Hall–Kier alpha value is -3.00. The molecule has 0 spiro atoms. The molecule has 8 heteroatoms. The molecule has 0 saturated carbocycles. The number of pyridine rings is 1. The third-order valence-corrected chi connectivity index (χ3v) is 4.67. The van der Waals surface area contributed by atoms with Crippen LogP contribution in [0.2, 0.25) is 0 Å². The number of hydrogen-bond acceptors (Lipinski definition) is 5. The molecule has 2 atom stereocenters. The van der Waals surface area contributed by atoms with Crippen LogP contribution in [0, 0.1) is 5.82 Å². The Bertz CT molecular complexity index is 834. The Balaban J connectivity index is 1.70. The molecule has 2 heterocycles. The van der Waals surface area contributed by atoms with E-state index < -0.39 is 11.9 Å². The van der Waals surface area contributed by atoms with Gasteiger partial charge < -0.3 is 19.7 Å². The van der Waals surface area contributed by atoms with Crippen molar-refractivity contribution >= 4 is 11.8 Å². The summed E-state index contributed by atoms with van der Waals surface area (Å²) < 4.78 is 24.3. The van der Waals surface area contributed by atoms with E-state index in [2.05, 4.69) is 10.3 Å². The van der Waals surface area contributed by atoms with E-state index in [-0.39, 0.29) is 30.9 Å². The predicted molar refractivity (Wildman–Crippen MR) is 104 cm³/mol. The van der Waals surface area contributed by atoms with Crippen LogP contribution in [0.3, 0.4) is 0 Å². The van der Waals surface area contributed by atoms with Crippen LogP contribution in [0.25, 0.3) is 0 Å². The predicted octanol–water partition coefficient (Wildman–Crippen LogP) is 1.57. The second-order valence-corrected chi connectivity index (χ2v) is 6.82. The lowest BCUT2D eigenvalue weighted by Gasteiger charge is -2.23. The third-order valence-electron chi connectivity index (χ3n) is 4.67. The number of aromatic nitrogens is 1. The van der Waals surface area contributed by atoms with Crippen molar-refractivity contribution in [2.75, 3.05) is 26.8 Å². The maximum absolute atomic E-state index is 13.5. The van der Waals surface area contributed by atoms with Gasteiger partial charge in [0.05, 0.1) is 25.8 Å². The van der Waals surface area contributed by atoms with Gasteiger partial charge in [-0.25, -0.2) is 4.39 Å². The number of hydrogen-bond donors (Lipinski definition) is 1. The number of carbonyl (C=O) groups excluding carboxylic acids is 2. The van der Waals surface area contributed by atoms with E-state index in [0.29, 0.717) is 30.9 Å². The second-order valence-electron chi connectivity index (χ2n) is 6.82. The maximum Gasteiger partial charge on any atom is 0.243 e. The molecule has 2 unspecified atom stereocenters. The number of benzene rings is 1. The molecular formula is C21H24FN3O4. The van der Waals surface area contributed by atoms with E-state index >= 15 is 0 Å². The first-order valence-corrected chi connectivity index (χ1v) is 9.44. The number of carbonyl (C=O) groups is 2. The van der Waals surface area contributed by atoms with Gasteiger partial charge in [0, 0.05) is 26.3 Å². The molecule has 2 amide bonds. The van der Waals surface area contributed by atoms with E-state index in [1.165, 1.54) is 17.0 Å². The number of likely N-dealkylation sites (tertiary alicyclic amines) is 1. The highest BCUT2D eigenvalue weighted by atomic mass is 19.1. The minimum atomic E-state index is -0.658. The van der Waals surface area contributed by atoms with Gasteiger partial charge in [0.1, 0.15) is 23.7 Å². The molecule has 0 aliphatic carbocycles. The summed E-state index contributed by atoms with van der Waals surface area (Å²) in [5, 5.41) is 2.78. The van der Waals surface area contributed by atoms with Gasteiger partial charge in [-0.05, 0) is 29.8 Å². The minimum Gasteiger partial charge on any atom is -0.487 e. The molecular weight excluding hydrogens is 377 g/mol. The number of methoxy groups -OCH3 is 1. The number of nitrogens with one attached hydrogen (secondary N) is 1. The normalized spacial score (nSPS) is 18.5. The summed E-state index contributed by atoms with van der Waals surface area (Å²) >= 11 is 0. The molecule has 0 bridgehead atoms. The molecule has 1 saturated heterocycles. The quantitative estimate of drug-likeness (QED) is 0.680. The first-order valence-electron chi connectivity index (χ1n) is 9.44. The van der Waals surface area contributed by atoms with Crippen molar-refractivity contribution in [3.05, 3.63) is 60.2 Å². The van der Waals surface area contributed by atoms with Crippen LogP contribution < -0.4 is 10.1 Å². The highest BCUT2D eigenvalue weighted by Crippen LogP contribution is 2.24. The second kappa shape index (κ2) is 9.97. The zero-order valence-electron chi connectivity index (χ0n) is 16.2. The average molecular weight is 401 g/mol. The molecule has 0 radical (unpaired) electrons. The lowest BCUT2D eigenvalue weighted by molar-refractivity contribution is -0.138. The van der Waals surface area contributed by atoms with Crippen LogP contribution in [0.4, 0.5) is 4.39 Å². The molecule has 29 heavy (non-hydrogen) atoms. The Morgan fingerprint density at radius 3 is 2.90 bits per heavy atom. The fourth-order valence-electron chi connectivity index (χ4n) is 3.33. The number of halogens is 1. The van der Waals surface area contributed by atoms with Crippen LogP contribution in [0.5, 0.6) is 5.75 Å². The van der Waals surface area contributed by atoms with Gasteiger partial charge in [-0.15, -0.1) is 0 Å². The summed E-state index contributed by atoms with van der Waals surface area (Å²) in [5.41, 5.74) is 0.560. The summed E-state index contributed by atoms with van der Waals surface area (Å²) in [4.78, 5) is 31.1. The van der Waals surface area contributed by atoms with Crippen molar-refractivity contribution in [1.82, 2.24) is 15.2 Å². The van der Waals surface area contributed by atoms with Crippen molar-refractivity contribution in [2.24, 2.45) is 0 Å². The zero-order valence-corrected chi connectivity index (χ0v) is 16.2. The summed E-state index contributed by atoms with van der Waals surface area (Å²) in [5.74, 6) is -0.328. The zero-order chi connectivity index (χ0) is 20.6. The van der Waals surface area contributed by atoms with Crippen LogP contribution in [0.15, 0.2) is 48.8 Å². The Morgan fingerprint density at radius 1 is 1.31 bits per heavy atom. The number of rotatable bonds is 8. The fourth-order valence-corrected chi connectivity index (χ4v) is 3.33. The van der Waals surface area contributed by atoms with E-state index in [9.17, 15) is 14.0 Å².